The molecule has 0 aliphatic carbocycles. The molecule has 0 bridgehead atoms. The molecular formula is C22H27F4N5O3. The summed E-state index contributed by atoms with van der Waals surface area (Å²) < 4.78 is 47.3. The van der Waals surface area contributed by atoms with Gasteiger partial charge in [0.25, 0.3) is 0 Å². The van der Waals surface area contributed by atoms with E-state index in [0.29, 0.717) is 13.1 Å². The Bertz CT molecular complexity index is 975. The van der Waals surface area contributed by atoms with E-state index in [2.05, 4.69) is 20.0 Å². The van der Waals surface area contributed by atoms with E-state index in [9.17, 15) is 22.4 Å². The average Bonchev–Trinajstić information content (AvgIpc) is 3.46. The monoisotopic (exact) mass is 485 g/mol. The summed E-state index contributed by atoms with van der Waals surface area (Å²) in [5, 5.41) is 14.6. The molecule has 1 saturated heterocycles. The number of carboxylic acids is 1. The summed E-state index contributed by atoms with van der Waals surface area (Å²) >= 11 is 0. The van der Waals surface area contributed by atoms with Gasteiger partial charge in [0.15, 0.2) is 0 Å². The third kappa shape index (κ3) is 7.17. The lowest BCUT2D eigenvalue weighted by atomic mass is 10.1. The zero-order valence-electron chi connectivity index (χ0n) is 18.5. The molecule has 3 heterocycles. The van der Waals surface area contributed by atoms with Crippen LogP contribution in [-0.4, -0.2) is 69.0 Å². The number of fused-ring (bicyclic) bond motifs is 1. The zero-order valence-corrected chi connectivity index (χ0v) is 18.5. The Labute approximate surface area is 194 Å². The number of hydrogen-bond acceptors (Lipinski definition) is 4. The van der Waals surface area contributed by atoms with Crippen LogP contribution in [0.2, 0.25) is 0 Å². The van der Waals surface area contributed by atoms with Crippen molar-refractivity contribution in [1.82, 2.24) is 24.9 Å². The van der Waals surface area contributed by atoms with Crippen LogP contribution < -0.4 is 5.32 Å². The molecule has 12 heteroatoms. The van der Waals surface area contributed by atoms with Crippen molar-refractivity contribution in [2.24, 2.45) is 0 Å². The molecule has 0 saturated carbocycles. The number of carbonyl (C=O) groups is 2. The second kappa shape index (κ2) is 11.3. The van der Waals surface area contributed by atoms with Gasteiger partial charge in [-0.3, -0.25) is 9.58 Å². The fourth-order valence-corrected chi connectivity index (χ4v) is 4.07. The highest BCUT2D eigenvalue weighted by atomic mass is 19.4. The molecule has 186 valence electrons. The van der Waals surface area contributed by atoms with E-state index in [1.165, 1.54) is 6.07 Å². The number of halogens is 4. The van der Waals surface area contributed by atoms with Crippen molar-refractivity contribution in [2.75, 3.05) is 26.2 Å². The first-order valence-corrected chi connectivity index (χ1v) is 11.0. The minimum absolute atomic E-state index is 0.0422. The van der Waals surface area contributed by atoms with Crippen LogP contribution in [-0.2, 0) is 17.9 Å². The van der Waals surface area contributed by atoms with E-state index >= 15 is 0 Å². The number of likely N-dealkylation sites (tertiary alicyclic amines) is 1. The van der Waals surface area contributed by atoms with Crippen LogP contribution in [0.3, 0.4) is 0 Å². The molecule has 8 nitrogen and oxygen atoms in total. The van der Waals surface area contributed by atoms with Gasteiger partial charge < -0.3 is 15.3 Å². The van der Waals surface area contributed by atoms with Crippen molar-refractivity contribution in [3.8, 4) is 0 Å². The van der Waals surface area contributed by atoms with Crippen molar-refractivity contribution < 1.29 is 32.3 Å². The molecule has 1 fully saturated rings. The van der Waals surface area contributed by atoms with E-state index in [1.54, 1.807) is 12.1 Å². The molecule has 2 amide bonds. The Balaban J connectivity index is 0.000000406. The summed E-state index contributed by atoms with van der Waals surface area (Å²) in [7, 11) is 0. The van der Waals surface area contributed by atoms with Gasteiger partial charge in [-0.2, -0.15) is 18.3 Å². The number of aromatic nitrogens is 2. The third-order valence-corrected chi connectivity index (χ3v) is 5.64. The Morgan fingerprint density at radius 2 is 1.88 bits per heavy atom. The minimum atomic E-state index is -5.08. The highest BCUT2D eigenvalue weighted by Gasteiger charge is 2.38. The van der Waals surface area contributed by atoms with E-state index in [1.807, 2.05) is 23.2 Å². The zero-order chi connectivity index (χ0) is 24.7. The number of alkyl halides is 3. The number of nitrogens with zero attached hydrogens (tertiary/aromatic N) is 4. The van der Waals surface area contributed by atoms with E-state index in [4.69, 9.17) is 9.90 Å². The first kappa shape index (κ1) is 25.5. The Hall–Kier alpha value is -3.15. The smallest absolute Gasteiger partial charge is 0.475 e. The van der Waals surface area contributed by atoms with Crippen LogP contribution in [0.15, 0.2) is 36.5 Å². The van der Waals surface area contributed by atoms with Gasteiger partial charge >= 0.3 is 18.2 Å². The summed E-state index contributed by atoms with van der Waals surface area (Å²) in [6.45, 7) is 4.70. The molecular weight excluding hydrogens is 458 g/mol. The summed E-state index contributed by atoms with van der Waals surface area (Å²) in [6, 6.07) is 9.06. The molecule has 2 aromatic rings. The highest BCUT2D eigenvalue weighted by molar-refractivity contribution is 5.74. The number of rotatable bonds is 5. The fraction of sp³-hybridized carbons (Fsp3) is 0.500. The number of urea groups is 1. The van der Waals surface area contributed by atoms with Gasteiger partial charge in [0.05, 0.1) is 11.7 Å². The predicted octanol–water partition coefficient (Wildman–Crippen LogP) is 3.41. The SMILES string of the molecule is O=C(NCCC1CN(Cc2cccc(F)c2)Cc2ccnn21)N1CCCC1.O=C(O)C(F)(F)F. The van der Waals surface area contributed by atoms with Crippen LogP contribution in [0, 0.1) is 5.82 Å². The van der Waals surface area contributed by atoms with Gasteiger partial charge in [0.2, 0.25) is 0 Å². The Morgan fingerprint density at radius 3 is 2.53 bits per heavy atom. The summed E-state index contributed by atoms with van der Waals surface area (Å²) in [6.07, 6.45) is -0.228. The second-order valence-electron chi connectivity index (χ2n) is 8.24. The number of carbonyl (C=O) groups excluding carboxylic acids is 1. The van der Waals surface area contributed by atoms with Crippen molar-refractivity contribution in [3.05, 3.63) is 53.6 Å². The molecule has 1 aromatic heterocycles. The normalized spacial score (nSPS) is 18.1. The lowest BCUT2D eigenvalue weighted by Crippen LogP contribution is -2.41. The molecule has 34 heavy (non-hydrogen) atoms. The van der Waals surface area contributed by atoms with Crippen molar-refractivity contribution in [1.29, 1.82) is 0 Å². The summed E-state index contributed by atoms with van der Waals surface area (Å²) in [5.41, 5.74) is 2.14. The van der Waals surface area contributed by atoms with Crippen LogP contribution in [0.1, 0.15) is 36.6 Å². The van der Waals surface area contributed by atoms with Gasteiger partial charge in [-0.1, -0.05) is 12.1 Å². The maximum Gasteiger partial charge on any atom is 0.490 e. The Kier molecular flexibility index (Phi) is 8.48. The maximum absolute atomic E-state index is 13.5. The molecule has 4 rings (SSSR count). The van der Waals surface area contributed by atoms with Gasteiger partial charge in [-0.05, 0) is 43.0 Å². The molecule has 1 aromatic carbocycles. The van der Waals surface area contributed by atoms with Crippen LogP contribution in [0.5, 0.6) is 0 Å². The van der Waals surface area contributed by atoms with Gasteiger partial charge in [-0.25, -0.2) is 14.0 Å². The first-order chi connectivity index (χ1) is 16.1. The number of nitrogens with one attached hydrogen (secondary N) is 1. The van der Waals surface area contributed by atoms with Gasteiger partial charge in [-0.15, -0.1) is 0 Å². The van der Waals surface area contributed by atoms with Crippen LogP contribution >= 0.6 is 0 Å². The molecule has 0 radical (unpaired) electrons. The number of carboxylic acid groups (broad SMARTS) is 1. The summed E-state index contributed by atoms with van der Waals surface area (Å²) in [4.78, 5) is 25.3. The van der Waals surface area contributed by atoms with Crippen molar-refractivity contribution >= 4 is 12.0 Å². The fourth-order valence-electron chi connectivity index (χ4n) is 4.07. The number of amides is 2. The van der Waals surface area contributed by atoms with E-state index < -0.39 is 12.1 Å². The number of aliphatic carboxylic acids is 1. The van der Waals surface area contributed by atoms with E-state index in [-0.39, 0.29) is 17.9 Å². The van der Waals surface area contributed by atoms with Crippen LogP contribution in [0.25, 0.3) is 0 Å². The quantitative estimate of drug-likeness (QED) is 0.634. The minimum Gasteiger partial charge on any atom is -0.475 e. The lowest BCUT2D eigenvalue weighted by Gasteiger charge is -2.34. The largest absolute Gasteiger partial charge is 0.490 e. The van der Waals surface area contributed by atoms with Gasteiger partial charge in [0, 0.05) is 45.5 Å². The van der Waals surface area contributed by atoms with Crippen molar-refractivity contribution in [2.45, 2.75) is 44.6 Å². The molecule has 2 N–H and O–H groups in total. The number of hydrogen-bond donors (Lipinski definition) is 2. The van der Waals surface area contributed by atoms with Crippen molar-refractivity contribution in [3.63, 3.8) is 0 Å². The average molecular weight is 485 g/mol. The molecule has 0 spiro atoms. The Morgan fingerprint density at radius 1 is 1.18 bits per heavy atom. The van der Waals surface area contributed by atoms with Crippen LogP contribution in [0.4, 0.5) is 22.4 Å². The second-order valence-corrected chi connectivity index (χ2v) is 8.24. The molecule has 2 aliphatic heterocycles. The molecule has 2 aliphatic rings. The first-order valence-electron chi connectivity index (χ1n) is 11.0. The third-order valence-electron chi connectivity index (χ3n) is 5.64. The highest BCUT2D eigenvalue weighted by Crippen LogP contribution is 2.24. The lowest BCUT2D eigenvalue weighted by molar-refractivity contribution is -0.192. The predicted molar refractivity (Wildman–Crippen MR) is 114 cm³/mol. The topological polar surface area (TPSA) is 90.7 Å². The van der Waals surface area contributed by atoms with Gasteiger partial charge in [0.1, 0.15) is 5.82 Å². The van der Waals surface area contributed by atoms with E-state index in [0.717, 1.165) is 56.7 Å². The molecule has 1 unspecified atom stereocenters. The summed E-state index contributed by atoms with van der Waals surface area (Å²) in [5.74, 6) is -2.96. The maximum atomic E-state index is 13.5. The standard InChI is InChI=1S/C20H26FN5O.C2HF3O2/c21-17-5-3-4-16(12-17)13-24-14-18(26-19(15-24)7-9-23-26)6-8-22-20(27)25-10-1-2-11-25;3-2(4,5)1(6)7/h3-5,7,9,12,18H,1-2,6,8,10-11,13-15H2,(H,22,27);(H,6,7). The number of benzene rings is 1. The molecule has 1 atom stereocenters.